The summed E-state index contributed by atoms with van der Waals surface area (Å²) in [6.45, 7) is 6.77. The normalized spacial score (nSPS) is 22.9. The van der Waals surface area contributed by atoms with Crippen LogP contribution in [0.15, 0.2) is 18.3 Å². The van der Waals surface area contributed by atoms with Crippen molar-refractivity contribution in [1.29, 1.82) is 0 Å². The molecule has 0 spiro atoms. The van der Waals surface area contributed by atoms with Crippen molar-refractivity contribution in [2.24, 2.45) is 0 Å². The number of pyridine rings is 1. The first-order chi connectivity index (χ1) is 6.83. The number of nitrogens with zero attached hydrogens (tertiary/aromatic N) is 2. The Kier molecular flexibility index (Phi) is 2.82. The van der Waals surface area contributed by atoms with Gasteiger partial charge in [0.15, 0.2) is 0 Å². The monoisotopic (exact) mass is 190 g/mol. The highest BCUT2D eigenvalue weighted by atomic mass is 15.2. The molecule has 1 aromatic rings. The third-order valence-corrected chi connectivity index (χ3v) is 3.14. The highest BCUT2D eigenvalue weighted by Crippen LogP contribution is 2.31. The van der Waals surface area contributed by atoms with Crippen molar-refractivity contribution in [1.82, 2.24) is 9.88 Å². The van der Waals surface area contributed by atoms with Crippen LogP contribution in [0.3, 0.4) is 0 Å². The Hall–Kier alpha value is -0.890. The maximum atomic E-state index is 4.52. The summed E-state index contributed by atoms with van der Waals surface area (Å²) in [6, 6.07) is 4.75. The highest BCUT2D eigenvalue weighted by molar-refractivity contribution is 5.21. The summed E-state index contributed by atoms with van der Waals surface area (Å²) in [4.78, 5) is 7.04. The Balaban J connectivity index is 2.26. The molecule has 2 nitrogen and oxygen atoms in total. The lowest BCUT2D eigenvalue weighted by Gasteiger charge is -2.23. The summed E-state index contributed by atoms with van der Waals surface area (Å²) in [5.74, 6) is 0. The van der Waals surface area contributed by atoms with E-state index in [0.717, 1.165) is 6.54 Å². The van der Waals surface area contributed by atoms with Crippen molar-refractivity contribution in [3.63, 3.8) is 0 Å². The van der Waals surface area contributed by atoms with E-state index in [1.807, 2.05) is 12.3 Å². The summed E-state index contributed by atoms with van der Waals surface area (Å²) < 4.78 is 0. The maximum Gasteiger partial charge on any atom is 0.0604 e. The SMILES string of the molecule is CCN1CCC[C@H]1c1ncccc1C. The van der Waals surface area contributed by atoms with E-state index in [1.54, 1.807) is 0 Å². The van der Waals surface area contributed by atoms with E-state index < -0.39 is 0 Å². The van der Waals surface area contributed by atoms with Crippen LogP contribution in [0.25, 0.3) is 0 Å². The first-order valence-corrected chi connectivity index (χ1v) is 5.48. The molecule has 0 N–H and O–H groups in total. The fraction of sp³-hybridized carbons (Fsp3) is 0.583. The molecule has 0 aromatic carbocycles. The molecule has 0 amide bonds. The lowest BCUT2D eigenvalue weighted by atomic mass is 10.1. The van der Waals surface area contributed by atoms with Crippen LogP contribution >= 0.6 is 0 Å². The van der Waals surface area contributed by atoms with E-state index in [9.17, 15) is 0 Å². The maximum absolute atomic E-state index is 4.52. The van der Waals surface area contributed by atoms with Crippen molar-refractivity contribution in [3.05, 3.63) is 29.6 Å². The molecule has 1 atom stereocenters. The molecule has 76 valence electrons. The molecule has 0 bridgehead atoms. The van der Waals surface area contributed by atoms with Gasteiger partial charge in [0, 0.05) is 6.20 Å². The lowest BCUT2D eigenvalue weighted by Crippen LogP contribution is -2.23. The minimum Gasteiger partial charge on any atom is -0.295 e. The van der Waals surface area contributed by atoms with Crippen LogP contribution in [0.1, 0.15) is 37.1 Å². The quantitative estimate of drug-likeness (QED) is 0.712. The molecule has 1 aliphatic heterocycles. The van der Waals surface area contributed by atoms with Gasteiger partial charge in [0.25, 0.3) is 0 Å². The van der Waals surface area contributed by atoms with E-state index in [4.69, 9.17) is 0 Å². The molecule has 2 heterocycles. The smallest absolute Gasteiger partial charge is 0.0604 e. The van der Waals surface area contributed by atoms with Crippen LogP contribution in [-0.4, -0.2) is 23.0 Å². The molecule has 2 heteroatoms. The van der Waals surface area contributed by atoms with Crippen molar-refractivity contribution >= 4 is 0 Å². The molecule has 2 rings (SSSR count). The molecule has 1 aromatic heterocycles. The Labute approximate surface area is 86.0 Å². The van der Waals surface area contributed by atoms with Gasteiger partial charge in [-0.05, 0) is 44.5 Å². The van der Waals surface area contributed by atoms with Crippen molar-refractivity contribution in [2.75, 3.05) is 13.1 Å². The van der Waals surface area contributed by atoms with Crippen LogP contribution in [0.5, 0.6) is 0 Å². The topological polar surface area (TPSA) is 16.1 Å². The molecule has 1 saturated heterocycles. The zero-order valence-electron chi connectivity index (χ0n) is 9.03. The van der Waals surface area contributed by atoms with Gasteiger partial charge in [0.1, 0.15) is 0 Å². The van der Waals surface area contributed by atoms with Gasteiger partial charge in [-0.25, -0.2) is 0 Å². The van der Waals surface area contributed by atoms with Crippen LogP contribution in [0.4, 0.5) is 0 Å². The van der Waals surface area contributed by atoms with Gasteiger partial charge in [0.05, 0.1) is 11.7 Å². The second kappa shape index (κ2) is 4.09. The number of hydrogen-bond donors (Lipinski definition) is 0. The van der Waals surface area contributed by atoms with Gasteiger partial charge < -0.3 is 0 Å². The van der Waals surface area contributed by atoms with Gasteiger partial charge in [-0.1, -0.05) is 13.0 Å². The summed E-state index contributed by atoms with van der Waals surface area (Å²) in [5, 5.41) is 0. The lowest BCUT2D eigenvalue weighted by molar-refractivity contribution is 0.266. The van der Waals surface area contributed by atoms with E-state index in [-0.39, 0.29) is 0 Å². The molecule has 0 aliphatic carbocycles. The number of rotatable bonds is 2. The first-order valence-electron chi connectivity index (χ1n) is 5.48. The molecular weight excluding hydrogens is 172 g/mol. The second-order valence-corrected chi connectivity index (χ2v) is 3.99. The third-order valence-electron chi connectivity index (χ3n) is 3.14. The van der Waals surface area contributed by atoms with Gasteiger partial charge in [-0.2, -0.15) is 0 Å². The second-order valence-electron chi connectivity index (χ2n) is 3.99. The number of aromatic nitrogens is 1. The predicted molar refractivity (Wildman–Crippen MR) is 58.2 cm³/mol. The van der Waals surface area contributed by atoms with Crippen LogP contribution in [0, 0.1) is 6.92 Å². The average Bonchev–Trinajstić information content (AvgIpc) is 2.66. The summed E-state index contributed by atoms with van der Waals surface area (Å²) in [5.41, 5.74) is 2.62. The minimum absolute atomic E-state index is 0.571. The number of hydrogen-bond acceptors (Lipinski definition) is 2. The molecule has 1 fully saturated rings. The number of likely N-dealkylation sites (tertiary alicyclic amines) is 1. The van der Waals surface area contributed by atoms with Gasteiger partial charge >= 0.3 is 0 Å². The van der Waals surface area contributed by atoms with Crippen LogP contribution in [0.2, 0.25) is 0 Å². The van der Waals surface area contributed by atoms with E-state index in [1.165, 1.54) is 30.6 Å². The molecule has 1 aliphatic rings. The molecule has 0 saturated carbocycles. The van der Waals surface area contributed by atoms with Crippen molar-refractivity contribution in [2.45, 2.75) is 32.7 Å². The summed E-state index contributed by atoms with van der Waals surface area (Å²) in [6.07, 6.45) is 4.49. The van der Waals surface area contributed by atoms with Crippen molar-refractivity contribution in [3.8, 4) is 0 Å². The largest absolute Gasteiger partial charge is 0.295 e. The third kappa shape index (κ3) is 1.67. The first kappa shape index (κ1) is 9.66. The van der Waals surface area contributed by atoms with E-state index in [0.29, 0.717) is 6.04 Å². The molecule has 14 heavy (non-hydrogen) atoms. The van der Waals surface area contributed by atoms with Gasteiger partial charge in [-0.15, -0.1) is 0 Å². The molecule has 0 radical (unpaired) electrons. The Morgan fingerprint density at radius 2 is 2.43 bits per heavy atom. The molecule has 0 unspecified atom stereocenters. The van der Waals surface area contributed by atoms with Gasteiger partial charge in [0.2, 0.25) is 0 Å². The Bertz CT molecular complexity index is 309. The fourth-order valence-electron chi connectivity index (χ4n) is 2.36. The zero-order chi connectivity index (χ0) is 9.97. The average molecular weight is 190 g/mol. The summed E-state index contributed by atoms with van der Waals surface area (Å²) >= 11 is 0. The van der Waals surface area contributed by atoms with Crippen LogP contribution in [-0.2, 0) is 0 Å². The highest BCUT2D eigenvalue weighted by Gasteiger charge is 2.26. The Morgan fingerprint density at radius 1 is 1.57 bits per heavy atom. The van der Waals surface area contributed by atoms with E-state index in [2.05, 4.69) is 29.8 Å². The van der Waals surface area contributed by atoms with Crippen LogP contribution < -0.4 is 0 Å². The molecular formula is C12H18N2. The predicted octanol–water partition coefficient (Wildman–Crippen LogP) is 2.55. The van der Waals surface area contributed by atoms with E-state index >= 15 is 0 Å². The fourth-order valence-corrected chi connectivity index (χ4v) is 2.36. The minimum atomic E-state index is 0.571. The van der Waals surface area contributed by atoms with Gasteiger partial charge in [-0.3, -0.25) is 9.88 Å². The number of aryl methyl sites for hydroxylation is 1. The zero-order valence-corrected chi connectivity index (χ0v) is 9.03. The Morgan fingerprint density at radius 3 is 3.14 bits per heavy atom. The standard InChI is InChI=1S/C12H18N2/c1-3-14-9-5-7-11(14)12-10(2)6-4-8-13-12/h4,6,8,11H,3,5,7,9H2,1-2H3/t11-/m0/s1. The summed E-state index contributed by atoms with van der Waals surface area (Å²) in [7, 11) is 0. The van der Waals surface area contributed by atoms with Crippen molar-refractivity contribution < 1.29 is 0 Å².